The third-order valence-corrected chi connectivity index (χ3v) is 5.04. The van der Waals surface area contributed by atoms with Crippen LogP contribution in [0.25, 0.3) is 0 Å². The van der Waals surface area contributed by atoms with Gasteiger partial charge in [0.15, 0.2) is 0 Å². The minimum absolute atomic E-state index is 0.0804. The van der Waals surface area contributed by atoms with Crippen LogP contribution in [-0.4, -0.2) is 43.6 Å². The number of likely N-dealkylation sites (tertiary alicyclic amines) is 1. The highest BCUT2D eigenvalue weighted by Crippen LogP contribution is 2.31. The maximum Gasteiger partial charge on any atom is 0.317 e. The van der Waals surface area contributed by atoms with Crippen molar-refractivity contribution in [2.75, 3.05) is 32.1 Å². The summed E-state index contributed by atoms with van der Waals surface area (Å²) in [6.45, 7) is 3.47. The predicted molar refractivity (Wildman–Crippen MR) is 110 cm³/mol. The van der Waals surface area contributed by atoms with Gasteiger partial charge < -0.3 is 20.3 Å². The Morgan fingerprint density at radius 1 is 1.11 bits per heavy atom. The van der Waals surface area contributed by atoms with Gasteiger partial charge in [-0.2, -0.15) is 0 Å². The minimum atomic E-state index is -0.284. The van der Waals surface area contributed by atoms with E-state index in [1.54, 1.807) is 18.1 Å². The normalized spacial score (nSPS) is 19.0. The fourth-order valence-electron chi connectivity index (χ4n) is 3.63. The Balaban J connectivity index is 1.77. The zero-order chi connectivity index (χ0) is 19.9. The van der Waals surface area contributed by atoms with E-state index in [-0.39, 0.29) is 23.8 Å². The number of rotatable bonds is 5. The molecule has 28 heavy (non-hydrogen) atoms. The molecule has 1 fully saturated rings. The first-order valence-electron chi connectivity index (χ1n) is 9.63. The van der Waals surface area contributed by atoms with Crippen LogP contribution in [0.5, 0.6) is 5.75 Å². The van der Waals surface area contributed by atoms with Crippen molar-refractivity contribution in [1.82, 2.24) is 10.2 Å². The molecule has 0 aromatic heterocycles. The standard InChI is InChI=1S/C22H27N3O3/c1-3-23-22(27)25-14-17(16-8-5-4-6-9-16)12-18(15-25)21(26)24-19-10-7-11-20(13-19)28-2/h4-11,13,17-18H,3,12,14-15H2,1-2H3,(H,23,27)(H,24,26). The van der Waals surface area contributed by atoms with Crippen LogP contribution in [0.4, 0.5) is 10.5 Å². The molecule has 2 unspecified atom stereocenters. The molecule has 2 N–H and O–H groups in total. The van der Waals surface area contributed by atoms with Gasteiger partial charge >= 0.3 is 6.03 Å². The van der Waals surface area contributed by atoms with Crippen LogP contribution < -0.4 is 15.4 Å². The van der Waals surface area contributed by atoms with Gasteiger partial charge in [-0.3, -0.25) is 4.79 Å². The van der Waals surface area contributed by atoms with Crippen LogP contribution in [0.1, 0.15) is 24.8 Å². The maximum absolute atomic E-state index is 13.0. The van der Waals surface area contributed by atoms with Crippen molar-refractivity contribution in [2.45, 2.75) is 19.3 Å². The molecule has 1 aliphatic rings. The third kappa shape index (κ3) is 4.82. The van der Waals surface area contributed by atoms with Crippen molar-refractivity contribution in [3.8, 4) is 5.75 Å². The highest BCUT2D eigenvalue weighted by atomic mass is 16.5. The second kappa shape index (κ2) is 9.26. The number of benzene rings is 2. The van der Waals surface area contributed by atoms with Crippen molar-refractivity contribution in [1.29, 1.82) is 0 Å². The molecule has 0 bridgehead atoms. The first-order valence-corrected chi connectivity index (χ1v) is 9.63. The van der Waals surface area contributed by atoms with Crippen LogP contribution in [-0.2, 0) is 4.79 Å². The number of amides is 3. The van der Waals surface area contributed by atoms with E-state index in [1.165, 1.54) is 0 Å². The number of piperidine rings is 1. The van der Waals surface area contributed by atoms with E-state index in [2.05, 4.69) is 22.8 Å². The molecular formula is C22H27N3O3. The SMILES string of the molecule is CCNC(=O)N1CC(C(=O)Nc2cccc(OC)c2)CC(c2ccccc2)C1. The largest absolute Gasteiger partial charge is 0.497 e. The third-order valence-electron chi connectivity index (χ3n) is 5.04. The lowest BCUT2D eigenvalue weighted by atomic mass is 9.84. The van der Waals surface area contributed by atoms with Gasteiger partial charge in [0.1, 0.15) is 5.75 Å². The Kier molecular flexibility index (Phi) is 6.53. The van der Waals surface area contributed by atoms with Crippen molar-refractivity contribution in [3.05, 3.63) is 60.2 Å². The molecule has 3 rings (SSSR count). The van der Waals surface area contributed by atoms with Crippen molar-refractivity contribution >= 4 is 17.6 Å². The van der Waals surface area contributed by atoms with Gasteiger partial charge in [0, 0.05) is 37.3 Å². The van der Waals surface area contributed by atoms with Crippen molar-refractivity contribution < 1.29 is 14.3 Å². The molecule has 2 aromatic carbocycles. The first-order chi connectivity index (χ1) is 13.6. The number of ether oxygens (including phenoxy) is 1. The quantitative estimate of drug-likeness (QED) is 0.833. The van der Waals surface area contributed by atoms with Crippen molar-refractivity contribution in [3.63, 3.8) is 0 Å². The summed E-state index contributed by atoms with van der Waals surface area (Å²) in [7, 11) is 1.59. The Morgan fingerprint density at radius 3 is 2.61 bits per heavy atom. The number of nitrogens with one attached hydrogen (secondary N) is 2. The highest BCUT2D eigenvalue weighted by Gasteiger charge is 2.34. The molecule has 2 aromatic rings. The lowest BCUT2D eigenvalue weighted by Gasteiger charge is -2.37. The van der Waals surface area contributed by atoms with Crippen LogP contribution in [0, 0.1) is 5.92 Å². The van der Waals surface area contributed by atoms with Gasteiger partial charge in [0.25, 0.3) is 0 Å². The molecule has 1 saturated heterocycles. The number of methoxy groups -OCH3 is 1. The van der Waals surface area contributed by atoms with E-state index in [9.17, 15) is 9.59 Å². The number of urea groups is 1. The summed E-state index contributed by atoms with van der Waals surface area (Å²) in [5.41, 5.74) is 1.84. The molecule has 1 aliphatic heterocycles. The van der Waals surface area contributed by atoms with Crippen LogP contribution in [0.3, 0.4) is 0 Å². The monoisotopic (exact) mass is 381 g/mol. The highest BCUT2D eigenvalue weighted by molar-refractivity contribution is 5.93. The molecule has 6 nitrogen and oxygen atoms in total. The Bertz CT molecular complexity index is 810. The summed E-state index contributed by atoms with van der Waals surface area (Å²) < 4.78 is 5.22. The smallest absolute Gasteiger partial charge is 0.317 e. The van der Waals surface area contributed by atoms with Crippen LogP contribution in [0.15, 0.2) is 54.6 Å². The van der Waals surface area contributed by atoms with Gasteiger partial charge in [-0.05, 0) is 31.0 Å². The van der Waals surface area contributed by atoms with Crippen LogP contribution >= 0.6 is 0 Å². The van der Waals surface area contributed by atoms with Gasteiger partial charge in [-0.1, -0.05) is 36.4 Å². The van der Waals surface area contributed by atoms with Gasteiger partial charge in [-0.15, -0.1) is 0 Å². The topological polar surface area (TPSA) is 70.7 Å². The molecule has 0 radical (unpaired) electrons. The molecular weight excluding hydrogens is 354 g/mol. The zero-order valence-electron chi connectivity index (χ0n) is 16.4. The molecule has 148 valence electrons. The Hall–Kier alpha value is -3.02. The summed E-state index contributed by atoms with van der Waals surface area (Å²) in [5.74, 6) is 0.446. The molecule has 0 saturated carbocycles. The number of nitrogens with zero attached hydrogens (tertiary/aromatic N) is 1. The zero-order valence-corrected chi connectivity index (χ0v) is 16.4. The molecule has 1 heterocycles. The van der Waals surface area contributed by atoms with Crippen LogP contribution in [0.2, 0.25) is 0 Å². The Morgan fingerprint density at radius 2 is 1.89 bits per heavy atom. The predicted octanol–water partition coefficient (Wildman–Crippen LogP) is 3.47. The second-order valence-corrected chi connectivity index (χ2v) is 7.00. The number of anilines is 1. The molecule has 2 atom stereocenters. The van der Waals surface area contributed by atoms with E-state index in [0.29, 0.717) is 37.5 Å². The van der Waals surface area contributed by atoms with E-state index in [4.69, 9.17) is 4.74 Å². The lowest BCUT2D eigenvalue weighted by molar-refractivity contribution is -0.121. The molecule has 6 heteroatoms. The maximum atomic E-state index is 13.0. The summed E-state index contributed by atoms with van der Waals surface area (Å²) in [4.78, 5) is 27.2. The summed E-state index contributed by atoms with van der Waals surface area (Å²) >= 11 is 0. The van der Waals surface area contributed by atoms with Gasteiger partial charge in [0.2, 0.25) is 5.91 Å². The minimum Gasteiger partial charge on any atom is -0.497 e. The fraction of sp³-hybridized carbons (Fsp3) is 0.364. The molecule has 0 aliphatic carbocycles. The van der Waals surface area contributed by atoms with E-state index >= 15 is 0 Å². The lowest BCUT2D eigenvalue weighted by Crippen LogP contribution is -2.50. The first kappa shape index (κ1) is 19.7. The number of hydrogen-bond acceptors (Lipinski definition) is 3. The fourth-order valence-corrected chi connectivity index (χ4v) is 3.63. The van der Waals surface area contributed by atoms with Gasteiger partial charge in [0.05, 0.1) is 13.0 Å². The number of carbonyl (C=O) groups is 2. The van der Waals surface area contributed by atoms with E-state index < -0.39 is 0 Å². The van der Waals surface area contributed by atoms with E-state index in [1.807, 2.05) is 43.3 Å². The number of hydrogen-bond donors (Lipinski definition) is 2. The molecule has 0 spiro atoms. The van der Waals surface area contributed by atoms with Gasteiger partial charge in [-0.25, -0.2) is 4.79 Å². The summed E-state index contributed by atoms with van der Waals surface area (Å²) in [5, 5.41) is 5.82. The Labute approximate surface area is 165 Å². The second-order valence-electron chi connectivity index (χ2n) is 7.00. The summed E-state index contributed by atoms with van der Waals surface area (Å²) in [6.07, 6.45) is 0.704. The molecule has 3 amide bonds. The van der Waals surface area contributed by atoms with Crippen molar-refractivity contribution in [2.24, 2.45) is 5.92 Å². The average Bonchev–Trinajstić information content (AvgIpc) is 2.74. The summed E-state index contributed by atoms with van der Waals surface area (Å²) in [6, 6.07) is 17.2. The average molecular weight is 381 g/mol. The van der Waals surface area contributed by atoms with E-state index in [0.717, 1.165) is 5.56 Å². The number of carbonyl (C=O) groups excluding carboxylic acids is 2.